The largest absolute Gasteiger partial charge is 0.338 e. The number of thiophene rings is 1. The molecule has 0 radical (unpaired) electrons. The number of aromatic amines is 1. The molecule has 1 N–H and O–H groups in total. The summed E-state index contributed by atoms with van der Waals surface area (Å²) in [6.07, 6.45) is 0. The molecule has 0 aliphatic carbocycles. The maximum atomic E-state index is 13.1. The predicted molar refractivity (Wildman–Crippen MR) is 97.4 cm³/mol. The van der Waals surface area contributed by atoms with E-state index in [1.807, 2.05) is 17.5 Å². The van der Waals surface area contributed by atoms with Crippen LogP contribution in [0, 0.1) is 5.82 Å². The van der Waals surface area contributed by atoms with Crippen LogP contribution < -0.4 is 5.56 Å². The Labute approximate surface area is 155 Å². The van der Waals surface area contributed by atoms with E-state index in [1.54, 1.807) is 12.1 Å². The fraction of sp³-hybridized carbons (Fsp3) is 0.0588. The van der Waals surface area contributed by atoms with Crippen molar-refractivity contribution in [3.05, 3.63) is 69.9 Å². The van der Waals surface area contributed by atoms with Crippen molar-refractivity contribution < 1.29 is 8.91 Å². The summed E-state index contributed by atoms with van der Waals surface area (Å²) in [4.78, 5) is 24.2. The van der Waals surface area contributed by atoms with Gasteiger partial charge in [0.1, 0.15) is 5.82 Å². The fourth-order valence-corrected chi connectivity index (χ4v) is 3.58. The number of halogens is 1. The first kappa shape index (κ1) is 16.7. The summed E-state index contributed by atoms with van der Waals surface area (Å²) >= 11 is 2.80. The van der Waals surface area contributed by atoms with Crippen LogP contribution in [0.4, 0.5) is 4.39 Å². The molecule has 0 atom stereocenters. The number of nitrogens with one attached hydrogen (secondary N) is 1. The molecule has 0 saturated heterocycles. The SMILES string of the molecule is O=c1cc(-c2ccc(F)cc2)nc(SCc2nc(-c3cccs3)no2)[nH]1. The summed E-state index contributed by atoms with van der Waals surface area (Å²) in [5.74, 6) is 1.00. The van der Waals surface area contributed by atoms with Gasteiger partial charge in [0.25, 0.3) is 5.56 Å². The highest BCUT2D eigenvalue weighted by molar-refractivity contribution is 7.98. The van der Waals surface area contributed by atoms with Crippen molar-refractivity contribution >= 4 is 23.1 Å². The van der Waals surface area contributed by atoms with Crippen molar-refractivity contribution in [1.29, 1.82) is 0 Å². The first-order chi connectivity index (χ1) is 12.7. The summed E-state index contributed by atoms with van der Waals surface area (Å²) in [6.45, 7) is 0. The molecule has 0 spiro atoms. The smallest absolute Gasteiger partial charge is 0.252 e. The van der Waals surface area contributed by atoms with Crippen molar-refractivity contribution in [3.63, 3.8) is 0 Å². The number of H-pyrrole nitrogens is 1. The van der Waals surface area contributed by atoms with Gasteiger partial charge < -0.3 is 9.51 Å². The topological polar surface area (TPSA) is 84.7 Å². The number of benzene rings is 1. The van der Waals surface area contributed by atoms with E-state index in [-0.39, 0.29) is 11.4 Å². The molecule has 0 aliphatic rings. The van der Waals surface area contributed by atoms with E-state index in [9.17, 15) is 9.18 Å². The van der Waals surface area contributed by atoms with Crippen molar-refractivity contribution in [2.75, 3.05) is 0 Å². The van der Waals surface area contributed by atoms with Crippen LogP contribution in [-0.2, 0) is 5.75 Å². The van der Waals surface area contributed by atoms with Crippen LogP contribution >= 0.6 is 23.1 Å². The van der Waals surface area contributed by atoms with Crippen molar-refractivity contribution in [3.8, 4) is 22.0 Å². The van der Waals surface area contributed by atoms with Gasteiger partial charge in [-0.05, 0) is 35.7 Å². The van der Waals surface area contributed by atoms with Crippen LogP contribution in [-0.4, -0.2) is 20.1 Å². The van der Waals surface area contributed by atoms with Crippen molar-refractivity contribution in [1.82, 2.24) is 20.1 Å². The predicted octanol–water partition coefficient (Wildman–Crippen LogP) is 3.98. The van der Waals surface area contributed by atoms with Gasteiger partial charge >= 0.3 is 0 Å². The summed E-state index contributed by atoms with van der Waals surface area (Å²) in [7, 11) is 0. The monoisotopic (exact) mass is 386 g/mol. The molecule has 26 heavy (non-hydrogen) atoms. The van der Waals surface area contributed by atoms with E-state index in [0.717, 1.165) is 4.88 Å². The Morgan fingerprint density at radius 1 is 1.19 bits per heavy atom. The second kappa shape index (κ2) is 7.22. The van der Waals surface area contributed by atoms with Crippen LogP contribution in [0.25, 0.3) is 22.0 Å². The van der Waals surface area contributed by atoms with Gasteiger partial charge in [0.05, 0.1) is 16.3 Å². The average Bonchev–Trinajstić information content (AvgIpc) is 3.32. The Hall–Kier alpha value is -2.78. The Morgan fingerprint density at radius 2 is 2.04 bits per heavy atom. The second-order valence-electron chi connectivity index (χ2n) is 5.22. The van der Waals surface area contributed by atoms with Gasteiger partial charge in [-0.2, -0.15) is 4.98 Å². The molecule has 130 valence electrons. The lowest BCUT2D eigenvalue weighted by Gasteiger charge is -2.03. The number of hydrogen-bond donors (Lipinski definition) is 1. The first-order valence-corrected chi connectivity index (χ1v) is 9.40. The molecule has 0 fully saturated rings. The van der Waals surface area contributed by atoms with Crippen LogP contribution in [0.15, 0.2) is 62.3 Å². The lowest BCUT2D eigenvalue weighted by molar-refractivity contribution is 0.391. The number of hydrogen-bond acceptors (Lipinski definition) is 7. The molecular formula is C17H11FN4O2S2. The molecule has 0 saturated carbocycles. The van der Waals surface area contributed by atoms with Gasteiger partial charge in [-0.1, -0.05) is 23.0 Å². The highest BCUT2D eigenvalue weighted by atomic mass is 32.2. The quantitative estimate of drug-likeness (QED) is 0.412. The van der Waals surface area contributed by atoms with Gasteiger partial charge in [-0.25, -0.2) is 9.37 Å². The zero-order valence-corrected chi connectivity index (χ0v) is 14.8. The normalized spacial score (nSPS) is 11.0. The van der Waals surface area contributed by atoms with Gasteiger partial charge in [0.2, 0.25) is 11.7 Å². The Morgan fingerprint density at radius 3 is 2.81 bits per heavy atom. The third kappa shape index (κ3) is 3.73. The van der Waals surface area contributed by atoms with Gasteiger partial charge in [-0.15, -0.1) is 11.3 Å². The number of aromatic nitrogens is 4. The zero-order valence-electron chi connectivity index (χ0n) is 13.2. The van der Waals surface area contributed by atoms with Gasteiger partial charge in [0, 0.05) is 11.6 Å². The molecule has 4 aromatic rings. The lowest BCUT2D eigenvalue weighted by atomic mass is 10.1. The molecule has 1 aromatic carbocycles. The van der Waals surface area contributed by atoms with E-state index in [2.05, 4.69) is 20.1 Å². The zero-order chi connectivity index (χ0) is 17.9. The van der Waals surface area contributed by atoms with Crippen LogP contribution in [0.5, 0.6) is 0 Å². The second-order valence-corrected chi connectivity index (χ2v) is 7.13. The minimum Gasteiger partial charge on any atom is -0.338 e. The minimum absolute atomic E-state index is 0.286. The van der Waals surface area contributed by atoms with E-state index < -0.39 is 0 Å². The molecule has 0 aliphatic heterocycles. The van der Waals surface area contributed by atoms with Crippen molar-refractivity contribution in [2.24, 2.45) is 0 Å². The summed E-state index contributed by atoms with van der Waals surface area (Å²) in [5, 5.41) is 6.31. The Bertz CT molecular complexity index is 1070. The van der Waals surface area contributed by atoms with Gasteiger partial charge in [-0.3, -0.25) is 4.79 Å². The number of thioether (sulfide) groups is 1. The average molecular weight is 386 g/mol. The van der Waals surface area contributed by atoms with Crippen molar-refractivity contribution in [2.45, 2.75) is 10.9 Å². The molecule has 0 bridgehead atoms. The maximum Gasteiger partial charge on any atom is 0.252 e. The van der Waals surface area contributed by atoms with Gasteiger partial charge in [0.15, 0.2) is 5.16 Å². The Kier molecular flexibility index (Phi) is 4.63. The summed E-state index contributed by atoms with van der Waals surface area (Å²) in [5.41, 5.74) is 0.852. The number of rotatable bonds is 5. The first-order valence-electron chi connectivity index (χ1n) is 7.54. The molecule has 0 unspecified atom stereocenters. The third-order valence-corrected chi connectivity index (χ3v) is 5.13. The highest BCUT2D eigenvalue weighted by Gasteiger charge is 2.11. The van der Waals surface area contributed by atoms with E-state index in [4.69, 9.17) is 4.52 Å². The maximum absolute atomic E-state index is 13.1. The summed E-state index contributed by atoms with van der Waals surface area (Å²) in [6, 6.07) is 11.0. The molecule has 3 aromatic heterocycles. The lowest BCUT2D eigenvalue weighted by Crippen LogP contribution is -2.08. The molecular weight excluding hydrogens is 375 g/mol. The molecule has 6 nitrogen and oxygen atoms in total. The van der Waals surface area contributed by atoms with E-state index in [0.29, 0.717) is 33.9 Å². The van der Waals surface area contributed by atoms with E-state index >= 15 is 0 Å². The standard InChI is InChI=1S/C17H11FN4O2S2/c18-11-5-3-10(4-6-11)12-8-14(23)20-17(19-12)26-9-15-21-16(22-24-15)13-2-1-7-25-13/h1-8H,9H2,(H,19,20,23). The van der Waals surface area contributed by atoms with E-state index in [1.165, 1.54) is 41.3 Å². The summed E-state index contributed by atoms with van der Waals surface area (Å²) < 4.78 is 18.3. The molecule has 9 heteroatoms. The van der Waals surface area contributed by atoms with Crippen LogP contribution in [0.1, 0.15) is 5.89 Å². The fourth-order valence-electron chi connectivity index (χ4n) is 2.22. The Balaban J connectivity index is 1.52. The minimum atomic E-state index is -0.342. The molecule has 3 heterocycles. The van der Waals surface area contributed by atoms with Crippen LogP contribution in [0.2, 0.25) is 0 Å². The number of nitrogens with zero attached hydrogens (tertiary/aromatic N) is 3. The third-order valence-electron chi connectivity index (χ3n) is 3.40. The molecule has 0 amide bonds. The van der Waals surface area contributed by atoms with Crippen LogP contribution in [0.3, 0.4) is 0 Å². The molecule has 4 rings (SSSR count). The highest BCUT2D eigenvalue weighted by Crippen LogP contribution is 2.25.